The Morgan fingerprint density at radius 2 is 2.08 bits per heavy atom. The lowest BCUT2D eigenvalue weighted by Crippen LogP contribution is -2.23. The molecule has 2 heteroatoms. The third-order valence-electron chi connectivity index (χ3n) is 1.65. The highest BCUT2D eigenvalue weighted by Crippen LogP contribution is 1.97. The lowest BCUT2D eigenvalue weighted by atomic mass is 10.2. The molecule has 0 aliphatic heterocycles. The summed E-state index contributed by atoms with van der Waals surface area (Å²) in [5, 5.41) is 2.77. The number of allylic oxidation sites excluding steroid dienone is 1. The Bertz CT molecular complexity index is 290. The van der Waals surface area contributed by atoms with Gasteiger partial charge in [0.2, 0.25) is 0 Å². The van der Waals surface area contributed by atoms with E-state index >= 15 is 0 Å². The van der Waals surface area contributed by atoms with Crippen molar-refractivity contribution >= 4 is 5.91 Å². The second-order valence-corrected chi connectivity index (χ2v) is 2.65. The molecule has 1 amide bonds. The third kappa shape index (κ3) is 3.11. The Hall–Kier alpha value is -1.57. The topological polar surface area (TPSA) is 29.1 Å². The van der Waals surface area contributed by atoms with Crippen molar-refractivity contribution in [2.45, 2.75) is 6.92 Å². The molecule has 0 bridgehead atoms. The Kier molecular flexibility index (Phi) is 3.76. The number of carbonyl (C=O) groups excluding carboxylic acids is 1. The number of hydrogen-bond donors (Lipinski definition) is 1. The van der Waals surface area contributed by atoms with Crippen LogP contribution in [-0.2, 0) is 0 Å². The largest absolute Gasteiger partial charge is 0.349 e. The van der Waals surface area contributed by atoms with E-state index in [1.54, 1.807) is 12.1 Å². The third-order valence-corrected chi connectivity index (χ3v) is 1.65. The summed E-state index contributed by atoms with van der Waals surface area (Å²) in [6, 6.07) is 9.19. The zero-order valence-corrected chi connectivity index (χ0v) is 7.66. The Balaban J connectivity index is 2.49. The molecular weight excluding hydrogens is 162 g/mol. The molecular formula is C11H13NO. The molecule has 0 saturated carbocycles. The van der Waals surface area contributed by atoms with E-state index in [9.17, 15) is 4.79 Å². The number of carbonyl (C=O) groups is 1. The van der Waals surface area contributed by atoms with Crippen molar-refractivity contribution < 1.29 is 4.79 Å². The van der Waals surface area contributed by atoms with Gasteiger partial charge in [-0.05, 0) is 19.1 Å². The minimum Gasteiger partial charge on any atom is -0.349 e. The highest BCUT2D eigenvalue weighted by atomic mass is 16.1. The average molecular weight is 175 g/mol. The van der Waals surface area contributed by atoms with Crippen LogP contribution in [0.4, 0.5) is 0 Å². The minimum atomic E-state index is -0.0290. The van der Waals surface area contributed by atoms with Gasteiger partial charge in [0, 0.05) is 12.1 Å². The molecule has 0 fully saturated rings. The van der Waals surface area contributed by atoms with Crippen LogP contribution in [0.15, 0.2) is 42.5 Å². The molecule has 1 aromatic carbocycles. The van der Waals surface area contributed by atoms with Crippen molar-refractivity contribution in [1.82, 2.24) is 5.32 Å². The molecule has 0 spiro atoms. The van der Waals surface area contributed by atoms with Crippen LogP contribution in [-0.4, -0.2) is 12.5 Å². The maximum Gasteiger partial charge on any atom is 0.251 e. The summed E-state index contributed by atoms with van der Waals surface area (Å²) < 4.78 is 0. The molecule has 0 radical (unpaired) electrons. The van der Waals surface area contributed by atoms with Gasteiger partial charge in [-0.25, -0.2) is 0 Å². The quantitative estimate of drug-likeness (QED) is 0.699. The summed E-state index contributed by atoms with van der Waals surface area (Å²) in [6.45, 7) is 2.51. The van der Waals surface area contributed by atoms with E-state index in [1.807, 2.05) is 37.3 Å². The second kappa shape index (κ2) is 5.14. The zero-order valence-electron chi connectivity index (χ0n) is 7.66. The fraction of sp³-hybridized carbons (Fsp3) is 0.182. The first-order valence-electron chi connectivity index (χ1n) is 4.29. The molecule has 0 aromatic heterocycles. The SMILES string of the molecule is C/C=C\CNC(=O)c1ccccc1. The number of benzene rings is 1. The molecule has 2 nitrogen and oxygen atoms in total. The van der Waals surface area contributed by atoms with Crippen molar-refractivity contribution in [3.8, 4) is 0 Å². The van der Waals surface area contributed by atoms with E-state index in [-0.39, 0.29) is 5.91 Å². The standard InChI is InChI=1S/C11H13NO/c1-2-3-9-12-11(13)10-7-5-4-6-8-10/h2-8H,9H2,1H3,(H,12,13)/b3-2-. The number of amides is 1. The maximum atomic E-state index is 11.4. The normalized spacial score (nSPS) is 10.2. The van der Waals surface area contributed by atoms with Gasteiger partial charge in [0.25, 0.3) is 5.91 Å². The Morgan fingerprint density at radius 3 is 2.69 bits per heavy atom. The van der Waals surface area contributed by atoms with E-state index in [4.69, 9.17) is 0 Å². The lowest BCUT2D eigenvalue weighted by molar-refractivity contribution is 0.0958. The fourth-order valence-corrected chi connectivity index (χ4v) is 0.961. The van der Waals surface area contributed by atoms with Crippen LogP contribution < -0.4 is 5.32 Å². The van der Waals surface area contributed by atoms with Crippen LogP contribution in [0.1, 0.15) is 17.3 Å². The van der Waals surface area contributed by atoms with Crippen LogP contribution in [0.2, 0.25) is 0 Å². The molecule has 0 atom stereocenters. The van der Waals surface area contributed by atoms with E-state index in [2.05, 4.69) is 5.32 Å². The minimum absolute atomic E-state index is 0.0290. The molecule has 1 N–H and O–H groups in total. The van der Waals surface area contributed by atoms with Gasteiger partial charge < -0.3 is 5.32 Å². The van der Waals surface area contributed by atoms with Crippen molar-refractivity contribution in [3.63, 3.8) is 0 Å². The first-order chi connectivity index (χ1) is 6.34. The van der Waals surface area contributed by atoms with Crippen LogP contribution >= 0.6 is 0 Å². The number of nitrogens with one attached hydrogen (secondary N) is 1. The second-order valence-electron chi connectivity index (χ2n) is 2.65. The van der Waals surface area contributed by atoms with Crippen molar-refractivity contribution in [2.75, 3.05) is 6.54 Å². The van der Waals surface area contributed by atoms with Crippen LogP contribution in [0.3, 0.4) is 0 Å². The van der Waals surface area contributed by atoms with Crippen molar-refractivity contribution in [2.24, 2.45) is 0 Å². The van der Waals surface area contributed by atoms with Crippen LogP contribution in [0.5, 0.6) is 0 Å². The van der Waals surface area contributed by atoms with Gasteiger partial charge in [0.05, 0.1) is 0 Å². The van der Waals surface area contributed by atoms with E-state index in [0.29, 0.717) is 12.1 Å². The van der Waals surface area contributed by atoms with Gasteiger partial charge in [-0.15, -0.1) is 0 Å². The van der Waals surface area contributed by atoms with Crippen molar-refractivity contribution in [3.05, 3.63) is 48.0 Å². The molecule has 0 aliphatic rings. The molecule has 68 valence electrons. The highest BCUT2D eigenvalue weighted by molar-refractivity contribution is 5.94. The van der Waals surface area contributed by atoms with Gasteiger partial charge in [0.15, 0.2) is 0 Å². The summed E-state index contributed by atoms with van der Waals surface area (Å²) in [4.78, 5) is 11.4. The van der Waals surface area contributed by atoms with Crippen molar-refractivity contribution in [1.29, 1.82) is 0 Å². The molecule has 0 unspecified atom stereocenters. The molecule has 1 rings (SSSR count). The van der Waals surface area contributed by atoms with Gasteiger partial charge >= 0.3 is 0 Å². The van der Waals surface area contributed by atoms with Gasteiger partial charge in [-0.3, -0.25) is 4.79 Å². The summed E-state index contributed by atoms with van der Waals surface area (Å²) in [5.74, 6) is -0.0290. The Morgan fingerprint density at radius 1 is 1.38 bits per heavy atom. The summed E-state index contributed by atoms with van der Waals surface area (Å²) in [5.41, 5.74) is 0.701. The molecule has 0 aliphatic carbocycles. The average Bonchev–Trinajstić information content (AvgIpc) is 2.19. The predicted octanol–water partition coefficient (Wildman–Crippen LogP) is 1.99. The smallest absolute Gasteiger partial charge is 0.251 e. The molecule has 0 heterocycles. The van der Waals surface area contributed by atoms with Crippen LogP contribution in [0, 0.1) is 0 Å². The van der Waals surface area contributed by atoms with E-state index in [1.165, 1.54) is 0 Å². The first kappa shape index (κ1) is 9.52. The number of rotatable bonds is 3. The Labute approximate surface area is 78.3 Å². The molecule has 1 aromatic rings. The van der Waals surface area contributed by atoms with Gasteiger partial charge in [-0.1, -0.05) is 30.4 Å². The summed E-state index contributed by atoms with van der Waals surface area (Å²) >= 11 is 0. The fourth-order valence-electron chi connectivity index (χ4n) is 0.961. The number of hydrogen-bond acceptors (Lipinski definition) is 1. The van der Waals surface area contributed by atoms with Gasteiger partial charge in [0.1, 0.15) is 0 Å². The zero-order chi connectivity index (χ0) is 9.52. The highest BCUT2D eigenvalue weighted by Gasteiger charge is 2.00. The summed E-state index contributed by atoms with van der Waals surface area (Å²) in [7, 11) is 0. The molecule has 0 saturated heterocycles. The summed E-state index contributed by atoms with van der Waals surface area (Å²) in [6.07, 6.45) is 3.81. The van der Waals surface area contributed by atoms with E-state index in [0.717, 1.165) is 0 Å². The molecule has 13 heavy (non-hydrogen) atoms. The predicted molar refractivity (Wildman–Crippen MR) is 53.6 cm³/mol. The monoisotopic (exact) mass is 175 g/mol. The van der Waals surface area contributed by atoms with Crippen LogP contribution in [0.25, 0.3) is 0 Å². The maximum absolute atomic E-state index is 11.4. The lowest BCUT2D eigenvalue weighted by Gasteiger charge is -2.00. The van der Waals surface area contributed by atoms with Gasteiger partial charge in [-0.2, -0.15) is 0 Å². The van der Waals surface area contributed by atoms with E-state index < -0.39 is 0 Å². The first-order valence-corrected chi connectivity index (χ1v) is 4.29.